The Labute approximate surface area is 214 Å². The van der Waals surface area contributed by atoms with E-state index in [1.54, 1.807) is 13.2 Å². The predicted octanol–water partition coefficient (Wildman–Crippen LogP) is 6.92. The Morgan fingerprint density at radius 1 is 0.811 bits per heavy atom. The number of ether oxygens (including phenoxy) is 1. The van der Waals surface area contributed by atoms with E-state index in [4.69, 9.17) is 4.74 Å². The lowest BCUT2D eigenvalue weighted by molar-refractivity contribution is -0.384. The van der Waals surface area contributed by atoms with Crippen molar-refractivity contribution in [2.75, 3.05) is 7.11 Å². The van der Waals surface area contributed by atoms with Crippen molar-refractivity contribution in [3.05, 3.63) is 128 Å². The Morgan fingerprint density at radius 3 is 1.97 bits per heavy atom. The molecule has 0 saturated heterocycles. The van der Waals surface area contributed by atoms with E-state index in [0.717, 1.165) is 39.3 Å². The maximum absolute atomic E-state index is 14.1. The van der Waals surface area contributed by atoms with Gasteiger partial charge in [-0.25, -0.2) is 0 Å². The Hall–Kier alpha value is -4.71. The summed E-state index contributed by atoms with van der Waals surface area (Å²) in [7, 11) is 1.63. The molecule has 0 amide bonds. The van der Waals surface area contributed by atoms with Crippen molar-refractivity contribution >= 4 is 16.6 Å². The highest BCUT2D eigenvalue weighted by Gasteiger charge is 2.22. The zero-order valence-corrected chi connectivity index (χ0v) is 20.9. The minimum absolute atomic E-state index is 0.112. The second-order valence-electron chi connectivity index (χ2n) is 9.18. The number of hydrogen-bond acceptors (Lipinski definition) is 4. The molecule has 5 aromatic rings. The number of pyridine rings is 1. The summed E-state index contributed by atoms with van der Waals surface area (Å²) in [5.74, 6) is 0.753. The smallest absolute Gasteiger partial charge is 0.270 e. The third kappa shape index (κ3) is 4.61. The van der Waals surface area contributed by atoms with Crippen LogP contribution in [0.2, 0.25) is 0 Å². The van der Waals surface area contributed by atoms with E-state index in [9.17, 15) is 14.9 Å². The lowest BCUT2D eigenvalue weighted by atomic mass is 9.94. The van der Waals surface area contributed by atoms with Gasteiger partial charge in [-0.15, -0.1) is 0 Å². The van der Waals surface area contributed by atoms with Gasteiger partial charge in [0.05, 0.1) is 34.2 Å². The zero-order chi connectivity index (χ0) is 26.1. The molecule has 1 heterocycles. The number of aryl methyl sites for hydroxylation is 2. The van der Waals surface area contributed by atoms with Crippen LogP contribution in [-0.2, 0) is 6.54 Å². The molecular formula is C31H26N2O4. The molecule has 1 aromatic heterocycles. The summed E-state index contributed by atoms with van der Waals surface area (Å²) in [6, 6.07) is 28.2. The Kier molecular flexibility index (Phi) is 6.32. The molecule has 0 aliphatic rings. The third-order valence-corrected chi connectivity index (χ3v) is 6.63. The number of nitro groups is 1. The molecule has 0 unspecified atom stereocenters. The summed E-state index contributed by atoms with van der Waals surface area (Å²) < 4.78 is 7.41. The largest absolute Gasteiger partial charge is 0.497 e. The van der Waals surface area contributed by atoms with Gasteiger partial charge in [-0.3, -0.25) is 14.9 Å². The number of nitrogens with zero attached hydrogens (tertiary/aromatic N) is 2. The highest BCUT2D eigenvalue weighted by atomic mass is 16.6. The lowest BCUT2D eigenvalue weighted by Gasteiger charge is -2.22. The highest BCUT2D eigenvalue weighted by molar-refractivity contribution is 5.93. The van der Waals surface area contributed by atoms with E-state index < -0.39 is 4.92 Å². The molecule has 37 heavy (non-hydrogen) atoms. The van der Waals surface area contributed by atoms with E-state index in [2.05, 4.69) is 4.57 Å². The fraction of sp³-hybridized carbons (Fsp3) is 0.129. The number of hydrogen-bond donors (Lipinski definition) is 0. The minimum atomic E-state index is -0.466. The number of methoxy groups -OCH3 is 1. The van der Waals surface area contributed by atoms with Crippen LogP contribution in [0.25, 0.3) is 33.3 Å². The molecule has 0 N–H and O–H groups in total. The third-order valence-electron chi connectivity index (χ3n) is 6.63. The summed E-state index contributed by atoms with van der Waals surface area (Å²) in [6.45, 7) is 4.48. The van der Waals surface area contributed by atoms with Crippen molar-refractivity contribution < 1.29 is 9.66 Å². The molecule has 0 radical (unpaired) electrons. The van der Waals surface area contributed by atoms with Crippen molar-refractivity contribution in [1.29, 1.82) is 0 Å². The Morgan fingerprint density at radius 2 is 1.41 bits per heavy atom. The number of aromatic nitrogens is 1. The summed E-state index contributed by atoms with van der Waals surface area (Å²) >= 11 is 0. The van der Waals surface area contributed by atoms with Gasteiger partial charge in [0.2, 0.25) is 0 Å². The number of fused-ring (bicyclic) bond motifs is 1. The van der Waals surface area contributed by atoms with Crippen molar-refractivity contribution in [2.24, 2.45) is 0 Å². The Bertz CT molecular complexity index is 1670. The molecule has 0 spiro atoms. The van der Waals surface area contributed by atoms with Crippen molar-refractivity contribution in [1.82, 2.24) is 4.57 Å². The van der Waals surface area contributed by atoms with Crippen LogP contribution in [0.15, 0.2) is 95.8 Å². The van der Waals surface area contributed by atoms with Gasteiger partial charge < -0.3 is 9.30 Å². The van der Waals surface area contributed by atoms with Crippen LogP contribution in [0, 0.1) is 24.0 Å². The van der Waals surface area contributed by atoms with Crippen molar-refractivity contribution in [3.8, 4) is 28.1 Å². The topological polar surface area (TPSA) is 74.4 Å². The standard InChI is InChI=1S/C31H26N2O4/c1-20-4-10-23(11-5-20)29-30(24-12-6-21(2)7-13-24)32(19-22-8-15-26(37-3)16-9-22)28-17-14-25(33(35)36)18-27(28)31(29)34/h4-18H,19H2,1-3H3. The van der Waals surface area contributed by atoms with Crippen LogP contribution in [0.5, 0.6) is 5.75 Å². The van der Waals surface area contributed by atoms with Crippen LogP contribution >= 0.6 is 0 Å². The van der Waals surface area contributed by atoms with Gasteiger partial charge in [0.15, 0.2) is 5.43 Å². The summed E-state index contributed by atoms with van der Waals surface area (Å²) in [6.07, 6.45) is 0. The first-order valence-electron chi connectivity index (χ1n) is 12.0. The first-order chi connectivity index (χ1) is 17.9. The van der Waals surface area contributed by atoms with Crippen LogP contribution in [-0.4, -0.2) is 16.6 Å². The predicted molar refractivity (Wildman–Crippen MR) is 147 cm³/mol. The quantitative estimate of drug-likeness (QED) is 0.191. The van der Waals surface area contributed by atoms with Gasteiger partial charge in [0, 0.05) is 18.7 Å². The molecule has 0 aliphatic heterocycles. The van der Waals surface area contributed by atoms with Gasteiger partial charge in [-0.1, -0.05) is 71.8 Å². The molecule has 6 heteroatoms. The molecule has 184 valence electrons. The van der Waals surface area contributed by atoms with Crippen LogP contribution in [0.4, 0.5) is 5.69 Å². The summed E-state index contributed by atoms with van der Waals surface area (Å²) in [5, 5.41) is 11.9. The summed E-state index contributed by atoms with van der Waals surface area (Å²) in [4.78, 5) is 25.2. The average molecular weight is 491 g/mol. The van der Waals surface area contributed by atoms with E-state index in [1.807, 2.05) is 86.6 Å². The Balaban J connectivity index is 1.90. The highest BCUT2D eigenvalue weighted by Crippen LogP contribution is 2.35. The number of non-ortho nitro benzene ring substituents is 1. The number of nitro benzene ring substituents is 1. The molecule has 0 saturated carbocycles. The molecule has 0 aliphatic carbocycles. The molecule has 0 fully saturated rings. The van der Waals surface area contributed by atoms with Crippen molar-refractivity contribution in [3.63, 3.8) is 0 Å². The molecule has 6 nitrogen and oxygen atoms in total. The van der Waals surface area contributed by atoms with E-state index in [-0.39, 0.29) is 11.1 Å². The second kappa shape index (κ2) is 9.74. The van der Waals surface area contributed by atoms with Crippen LogP contribution < -0.4 is 10.2 Å². The van der Waals surface area contributed by atoms with Crippen LogP contribution in [0.1, 0.15) is 16.7 Å². The average Bonchev–Trinajstić information content (AvgIpc) is 2.91. The summed E-state index contributed by atoms with van der Waals surface area (Å²) in [5.41, 5.74) is 6.44. The molecule has 5 rings (SSSR count). The fourth-order valence-corrected chi connectivity index (χ4v) is 4.63. The minimum Gasteiger partial charge on any atom is -0.497 e. The first kappa shape index (κ1) is 24.0. The normalized spacial score (nSPS) is 11.0. The maximum atomic E-state index is 14.1. The van der Waals surface area contributed by atoms with Crippen LogP contribution in [0.3, 0.4) is 0 Å². The SMILES string of the molecule is COc1ccc(Cn2c(-c3ccc(C)cc3)c(-c3ccc(C)cc3)c(=O)c3cc([N+](=O)[O-])ccc32)cc1. The van der Waals surface area contributed by atoms with Gasteiger partial charge >= 0.3 is 0 Å². The monoisotopic (exact) mass is 490 g/mol. The fourth-order valence-electron chi connectivity index (χ4n) is 4.63. The molecule has 0 atom stereocenters. The number of rotatable bonds is 6. The van der Waals surface area contributed by atoms with E-state index in [1.165, 1.54) is 12.1 Å². The molecule has 4 aromatic carbocycles. The van der Waals surface area contributed by atoms with Crippen molar-refractivity contribution in [2.45, 2.75) is 20.4 Å². The van der Waals surface area contributed by atoms with Gasteiger partial charge in [0.1, 0.15) is 5.75 Å². The lowest BCUT2D eigenvalue weighted by Crippen LogP contribution is -2.17. The van der Waals surface area contributed by atoms with E-state index in [0.29, 0.717) is 23.0 Å². The van der Waals surface area contributed by atoms with Gasteiger partial charge in [-0.2, -0.15) is 0 Å². The molecule has 0 bridgehead atoms. The maximum Gasteiger partial charge on any atom is 0.270 e. The number of benzene rings is 4. The van der Waals surface area contributed by atoms with Gasteiger partial charge in [-0.05, 0) is 48.7 Å². The first-order valence-corrected chi connectivity index (χ1v) is 12.0. The van der Waals surface area contributed by atoms with E-state index >= 15 is 0 Å². The van der Waals surface area contributed by atoms with Gasteiger partial charge in [0.25, 0.3) is 5.69 Å². The zero-order valence-electron chi connectivity index (χ0n) is 20.9. The molecular weight excluding hydrogens is 464 g/mol. The second-order valence-corrected chi connectivity index (χ2v) is 9.18.